The molecule has 0 spiro atoms. The van der Waals surface area contributed by atoms with Gasteiger partial charge >= 0.3 is 0 Å². The van der Waals surface area contributed by atoms with E-state index in [1.54, 1.807) is 11.4 Å². The summed E-state index contributed by atoms with van der Waals surface area (Å²) in [5.74, 6) is -0.506. The van der Waals surface area contributed by atoms with E-state index in [0.717, 1.165) is 0 Å². The average molecular weight is 182 g/mol. The number of anilines is 1. The topological polar surface area (TPSA) is 73.1 Å². The average Bonchev–Trinajstić information content (AvgIpc) is 2.51. The highest BCUT2D eigenvalue weighted by Crippen LogP contribution is 2.21. The maximum absolute atomic E-state index is 10.7. The summed E-state index contributed by atoms with van der Waals surface area (Å²) in [6.07, 6.45) is 0. The Morgan fingerprint density at radius 3 is 3.17 bits per heavy atom. The summed E-state index contributed by atoms with van der Waals surface area (Å²) in [4.78, 5) is 10.7. The number of nitrogens with one attached hydrogen (secondary N) is 1. The van der Waals surface area contributed by atoms with Gasteiger partial charge in [-0.1, -0.05) is 0 Å². The van der Waals surface area contributed by atoms with Crippen molar-refractivity contribution in [1.82, 2.24) is 0 Å². The van der Waals surface area contributed by atoms with Crippen molar-refractivity contribution < 1.29 is 9.90 Å². The highest BCUT2D eigenvalue weighted by atomic mass is 32.1. The van der Waals surface area contributed by atoms with E-state index >= 15 is 0 Å². The van der Waals surface area contributed by atoms with E-state index in [2.05, 4.69) is 5.32 Å². The number of carbonyl (C=O) groups is 1. The Hall–Kier alpha value is -1.38. The molecule has 0 radical (unpaired) electrons. The highest BCUT2D eigenvalue weighted by molar-refractivity contribution is 7.14. The first kappa shape index (κ1) is 8.71. The predicted molar refractivity (Wildman–Crippen MR) is 44.7 cm³/mol. The van der Waals surface area contributed by atoms with E-state index in [1.165, 1.54) is 11.3 Å². The van der Waals surface area contributed by atoms with Crippen LogP contribution in [0.3, 0.4) is 0 Å². The number of carbonyl (C=O) groups excluding carboxylic acids is 1. The molecule has 12 heavy (non-hydrogen) atoms. The van der Waals surface area contributed by atoms with E-state index in [1.807, 2.05) is 6.07 Å². The molecular weight excluding hydrogens is 176 g/mol. The predicted octanol–water partition coefficient (Wildman–Crippen LogP) is 0.551. The summed E-state index contributed by atoms with van der Waals surface area (Å²) in [5.41, 5.74) is 0.418. The number of thiophene rings is 1. The summed E-state index contributed by atoms with van der Waals surface area (Å²) < 4.78 is 0. The van der Waals surface area contributed by atoms with Gasteiger partial charge in [-0.15, -0.1) is 11.3 Å². The van der Waals surface area contributed by atoms with E-state index in [9.17, 15) is 4.79 Å². The molecule has 0 aliphatic heterocycles. The number of hydrogen-bond acceptors (Lipinski definition) is 4. The third-order valence-electron chi connectivity index (χ3n) is 1.18. The second-order valence-electron chi connectivity index (χ2n) is 1.98. The number of aliphatic hydroxyl groups excluding tert-OH is 1. The van der Waals surface area contributed by atoms with Crippen LogP contribution in [0.2, 0.25) is 0 Å². The van der Waals surface area contributed by atoms with Crippen LogP contribution >= 0.6 is 11.3 Å². The van der Waals surface area contributed by atoms with Crippen molar-refractivity contribution in [1.29, 1.82) is 5.26 Å². The second-order valence-corrected chi connectivity index (χ2v) is 2.90. The smallest absolute Gasteiger partial charge is 0.250 e. The van der Waals surface area contributed by atoms with E-state index < -0.39 is 12.5 Å². The fourth-order valence-electron chi connectivity index (χ4n) is 0.660. The molecule has 0 bridgehead atoms. The zero-order valence-corrected chi connectivity index (χ0v) is 6.89. The fourth-order valence-corrected chi connectivity index (χ4v) is 1.41. The summed E-state index contributed by atoms with van der Waals surface area (Å²) in [6.45, 7) is -0.567. The molecule has 1 heterocycles. The van der Waals surface area contributed by atoms with Gasteiger partial charge in [0.15, 0.2) is 0 Å². The van der Waals surface area contributed by atoms with Gasteiger partial charge in [0.2, 0.25) is 0 Å². The van der Waals surface area contributed by atoms with Crippen LogP contribution < -0.4 is 5.32 Å². The number of amides is 1. The van der Waals surface area contributed by atoms with Crippen LogP contribution in [0.15, 0.2) is 11.4 Å². The third-order valence-corrected chi connectivity index (χ3v) is 2.01. The van der Waals surface area contributed by atoms with E-state index in [-0.39, 0.29) is 0 Å². The summed E-state index contributed by atoms with van der Waals surface area (Å²) in [7, 11) is 0. The van der Waals surface area contributed by atoms with Crippen molar-refractivity contribution in [3.05, 3.63) is 17.0 Å². The Kier molecular flexibility index (Phi) is 2.80. The highest BCUT2D eigenvalue weighted by Gasteiger charge is 2.05. The zero-order chi connectivity index (χ0) is 8.97. The molecule has 0 saturated carbocycles. The van der Waals surface area contributed by atoms with Crippen LogP contribution in [-0.2, 0) is 4.79 Å². The summed E-state index contributed by atoms with van der Waals surface area (Å²) in [6, 6.07) is 3.53. The monoisotopic (exact) mass is 182 g/mol. The van der Waals surface area contributed by atoms with Gasteiger partial charge in [0.05, 0.1) is 5.56 Å². The number of nitriles is 1. The van der Waals surface area contributed by atoms with E-state index in [0.29, 0.717) is 10.6 Å². The number of nitrogens with zero attached hydrogens (tertiary/aromatic N) is 1. The maximum atomic E-state index is 10.7. The lowest BCUT2D eigenvalue weighted by Crippen LogP contribution is -2.15. The lowest BCUT2D eigenvalue weighted by atomic mass is 10.3. The van der Waals surface area contributed by atoms with Crippen LogP contribution in [0, 0.1) is 11.3 Å². The number of hydrogen-bond donors (Lipinski definition) is 2. The molecule has 0 atom stereocenters. The minimum Gasteiger partial charge on any atom is -0.387 e. The molecule has 0 unspecified atom stereocenters. The Morgan fingerprint density at radius 2 is 2.58 bits per heavy atom. The molecule has 1 rings (SSSR count). The fraction of sp³-hybridized carbons (Fsp3) is 0.143. The molecular formula is C7H6N2O2S. The molecule has 1 aromatic rings. The number of aliphatic hydroxyl groups is 1. The van der Waals surface area contributed by atoms with Crippen molar-refractivity contribution in [2.24, 2.45) is 0 Å². The minimum absolute atomic E-state index is 0.418. The summed E-state index contributed by atoms with van der Waals surface area (Å²) >= 11 is 1.25. The van der Waals surface area contributed by atoms with Crippen molar-refractivity contribution in [3.8, 4) is 6.07 Å². The van der Waals surface area contributed by atoms with Gasteiger partial charge in [0, 0.05) is 0 Å². The molecule has 1 amide bonds. The molecule has 5 heteroatoms. The molecule has 0 aliphatic carbocycles. The molecule has 62 valence electrons. The van der Waals surface area contributed by atoms with Gasteiger partial charge in [0.1, 0.15) is 17.7 Å². The quantitative estimate of drug-likeness (QED) is 0.701. The van der Waals surface area contributed by atoms with Gasteiger partial charge in [0.25, 0.3) is 5.91 Å². The Balaban J connectivity index is 2.76. The molecule has 2 N–H and O–H groups in total. The van der Waals surface area contributed by atoms with Crippen LogP contribution in [0.4, 0.5) is 5.00 Å². The van der Waals surface area contributed by atoms with Gasteiger partial charge in [-0.3, -0.25) is 4.79 Å². The van der Waals surface area contributed by atoms with Gasteiger partial charge in [-0.25, -0.2) is 0 Å². The lowest BCUT2D eigenvalue weighted by Gasteiger charge is -1.98. The Morgan fingerprint density at radius 1 is 1.83 bits per heavy atom. The lowest BCUT2D eigenvalue weighted by molar-refractivity contribution is -0.118. The Bertz CT molecular complexity index is 326. The largest absolute Gasteiger partial charge is 0.387 e. The minimum atomic E-state index is -0.567. The van der Waals surface area contributed by atoms with Gasteiger partial charge in [-0.2, -0.15) is 5.26 Å². The molecule has 0 aromatic carbocycles. The first-order valence-electron chi connectivity index (χ1n) is 3.16. The van der Waals surface area contributed by atoms with Crippen molar-refractivity contribution in [3.63, 3.8) is 0 Å². The maximum Gasteiger partial charge on any atom is 0.250 e. The Labute approximate surface area is 73.1 Å². The van der Waals surface area contributed by atoms with Crippen LogP contribution in [-0.4, -0.2) is 17.6 Å². The SMILES string of the molecule is N#Cc1ccsc1NC(=O)CO. The third kappa shape index (κ3) is 1.81. The number of rotatable bonds is 2. The van der Waals surface area contributed by atoms with Crippen molar-refractivity contribution >= 4 is 22.2 Å². The van der Waals surface area contributed by atoms with Crippen LogP contribution in [0.1, 0.15) is 5.56 Å². The second kappa shape index (κ2) is 3.85. The van der Waals surface area contributed by atoms with Gasteiger partial charge in [-0.05, 0) is 11.4 Å². The molecule has 0 fully saturated rings. The summed E-state index contributed by atoms with van der Waals surface area (Å²) in [5, 5.41) is 21.5. The zero-order valence-electron chi connectivity index (χ0n) is 6.07. The molecule has 0 aliphatic rings. The first-order valence-corrected chi connectivity index (χ1v) is 4.04. The normalized spacial score (nSPS) is 9.00. The van der Waals surface area contributed by atoms with E-state index in [4.69, 9.17) is 10.4 Å². The molecule has 4 nitrogen and oxygen atoms in total. The first-order chi connectivity index (χ1) is 5.77. The van der Waals surface area contributed by atoms with Crippen molar-refractivity contribution in [2.45, 2.75) is 0 Å². The van der Waals surface area contributed by atoms with Gasteiger partial charge < -0.3 is 10.4 Å². The standard InChI is InChI=1S/C7H6N2O2S/c8-3-5-1-2-12-7(5)9-6(11)4-10/h1-2,10H,4H2,(H,9,11). The molecule has 0 saturated heterocycles. The molecule has 1 aromatic heterocycles. The van der Waals surface area contributed by atoms with Crippen LogP contribution in [0.25, 0.3) is 0 Å². The van der Waals surface area contributed by atoms with Crippen LogP contribution in [0.5, 0.6) is 0 Å². The van der Waals surface area contributed by atoms with Crippen molar-refractivity contribution in [2.75, 3.05) is 11.9 Å².